The molecular formula is C34H28N4O5S. The maximum Gasteiger partial charge on any atom is 0.337 e. The number of thioether (sulfide) groups is 1. The first-order valence-electron chi connectivity index (χ1n) is 13.6. The molecule has 1 aromatic heterocycles. The van der Waals surface area contributed by atoms with Crippen molar-refractivity contribution in [1.29, 1.82) is 0 Å². The maximum atomic E-state index is 13.4. The summed E-state index contributed by atoms with van der Waals surface area (Å²) in [4.78, 5) is 54.4. The van der Waals surface area contributed by atoms with Gasteiger partial charge in [0.2, 0.25) is 5.91 Å². The highest BCUT2D eigenvalue weighted by atomic mass is 32.2. The number of fused-ring (bicyclic) bond motifs is 1. The molecule has 220 valence electrons. The molecule has 0 atom stereocenters. The van der Waals surface area contributed by atoms with Crippen molar-refractivity contribution < 1.29 is 23.9 Å². The number of nitrogens with one attached hydrogen (secondary N) is 4. The highest BCUT2D eigenvalue weighted by molar-refractivity contribution is 8.00. The monoisotopic (exact) mass is 604 g/mol. The standard InChI is InChI=1S/C34H28N4O5S/c1-43-34(42)23-11-13-25(14-12-23)36-31(39)21-44-27-17-15-26(16-18-27)37-33(41)30(38-32(40)22-7-3-2-4-8-22)19-24-20-35-29-10-6-5-9-28(24)29/h2-20,35H,21H2,1H3,(H,36,39)(H,37,41)(H,38,40)/b30-19+. The minimum Gasteiger partial charge on any atom is -0.465 e. The van der Waals surface area contributed by atoms with Crippen LogP contribution in [-0.4, -0.2) is 41.5 Å². The quantitative estimate of drug-likeness (QED) is 0.0867. The van der Waals surface area contributed by atoms with Crippen molar-refractivity contribution in [1.82, 2.24) is 10.3 Å². The summed E-state index contributed by atoms with van der Waals surface area (Å²) in [5, 5.41) is 9.31. The fourth-order valence-corrected chi connectivity index (χ4v) is 5.00. The topological polar surface area (TPSA) is 129 Å². The fourth-order valence-electron chi connectivity index (χ4n) is 4.30. The molecule has 44 heavy (non-hydrogen) atoms. The first-order chi connectivity index (χ1) is 21.4. The third-order valence-electron chi connectivity index (χ3n) is 6.52. The maximum absolute atomic E-state index is 13.4. The number of H-pyrrole nitrogens is 1. The van der Waals surface area contributed by atoms with Gasteiger partial charge in [-0.25, -0.2) is 4.79 Å². The average molecular weight is 605 g/mol. The first kappa shape index (κ1) is 29.9. The van der Waals surface area contributed by atoms with Gasteiger partial charge in [-0.15, -0.1) is 11.8 Å². The number of hydrogen-bond acceptors (Lipinski definition) is 6. The molecule has 5 aromatic rings. The van der Waals surface area contributed by atoms with Crippen molar-refractivity contribution in [2.24, 2.45) is 0 Å². The highest BCUT2D eigenvalue weighted by Crippen LogP contribution is 2.23. The minimum atomic E-state index is -0.488. The molecule has 4 aromatic carbocycles. The Balaban J connectivity index is 1.23. The Morgan fingerprint density at radius 2 is 1.43 bits per heavy atom. The van der Waals surface area contributed by atoms with Crippen molar-refractivity contribution in [3.63, 3.8) is 0 Å². The summed E-state index contributed by atoms with van der Waals surface area (Å²) in [5.41, 5.74) is 3.65. The van der Waals surface area contributed by atoms with Gasteiger partial charge < -0.3 is 25.7 Å². The van der Waals surface area contributed by atoms with Crippen LogP contribution in [0, 0.1) is 0 Å². The molecule has 0 aliphatic heterocycles. The van der Waals surface area contributed by atoms with Gasteiger partial charge in [0, 0.05) is 44.5 Å². The number of methoxy groups -OCH3 is 1. The summed E-state index contributed by atoms with van der Waals surface area (Å²) in [6.45, 7) is 0. The van der Waals surface area contributed by atoms with E-state index in [9.17, 15) is 19.2 Å². The van der Waals surface area contributed by atoms with E-state index in [1.165, 1.54) is 18.9 Å². The fraction of sp³-hybridized carbons (Fsp3) is 0.0588. The molecule has 0 aliphatic carbocycles. The zero-order valence-corrected chi connectivity index (χ0v) is 24.4. The van der Waals surface area contributed by atoms with Crippen molar-refractivity contribution in [3.8, 4) is 0 Å². The summed E-state index contributed by atoms with van der Waals surface area (Å²) < 4.78 is 4.68. The van der Waals surface area contributed by atoms with E-state index >= 15 is 0 Å². The van der Waals surface area contributed by atoms with Gasteiger partial charge in [-0.05, 0) is 72.8 Å². The molecule has 1 heterocycles. The summed E-state index contributed by atoms with van der Waals surface area (Å²) in [5.74, 6) is -1.39. The Morgan fingerprint density at radius 3 is 2.16 bits per heavy atom. The Bertz CT molecular complexity index is 1830. The van der Waals surface area contributed by atoms with Gasteiger partial charge in [-0.3, -0.25) is 14.4 Å². The third-order valence-corrected chi connectivity index (χ3v) is 7.53. The summed E-state index contributed by atoms with van der Waals surface area (Å²) >= 11 is 1.33. The smallest absolute Gasteiger partial charge is 0.337 e. The van der Waals surface area contributed by atoms with E-state index < -0.39 is 17.8 Å². The third kappa shape index (κ3) is 7.61. The predicted octanol–water partition coefficient (Wildman–Crippen LogP) is 6.09. The van der Waals surface area contributed by atoms with Gasteiger partial charge in [0.25, 0.3) is 11.8 Å². The number of hydrogen-bond donors (Lipinski definition) is 4. The van der Waals surface area contributed by atoms with Crippen molar-refractivity contribution in [2.45, 2.75) is 4.90 Å². The zero-order valence-electron chi connectivity index (χ0n) is 23.6. The summed E-state index contributed by atoms with van der Waals surface area (Å²) in [6, 6.07) is 29.8. The molecule has 0 unspecified atom stereocenters. The van der Waals surface area contributed by atoms with E-state index in [4.69, 9.17) is 0 Å². The Morgan fingerprint density at radius 1 is 0.773 bits per heavy atom. The number of para-hydroxylation sites is 1. The molecule has 3 amide bonds. The number of anilines is 2. The van der Waals surface area contributed by atoms with E-state index in [0.717, 1.165) is 21.4 Å². The van der Waals surface area contributed by atoms with Crippen LogP contribution in [0.25, 0.3) is 17.0 Å². The number of ether oxygens (including phenoxy) is 1. The van der Waals surface area contributed by atoms with Crippen LogP contribution in [0.3, 0.4) is 0 Å². The van der Waals surface area contributed by atoms with E-state index in [1.807, 2.05) is 30.3 Å². The molecule has 0 aliphatic rings. The number of esters is 1. The van der Waals surface area contributed by atoms with E-state index in [2.05, 4.69) is 25.7 Å². The number of carbonyl (C=O) groups is 4. The van der Waals surface area contributed by atoms with Crippen LogP contribution >= 0.6 is 11.8 Å². The minimum absolute atomic E-state index is 0.0818. The zero-order chi connectivity index (χ0) is 30.9. The van der Waals surface area contributed by atoms with E-state index in [-0.39, 0.29) is 17.4 Å². The van der Waals surface area contributed by atoms with E-state index in [1.54, 1.807) is 85.1 Å². The lowest BCUT2D eigenvalue weighted by Gasteiger charge is -2.12. The van der Waals surface area contributed by atoms with Crippen molar-refractivity contribution >= 4 is 63.8 Å². The van der Waals surface area contributed by atoms with Gasteiger partial charge in [-0.1, -0.05) is 36.4 Å². The molecule has 0 saturated heterocycles. The summed E-state index contributed by atoms with van der Waals surface area (Å²) in [7, 11) is 1.31. The van der Waals surface area contributed by atoms with E-state index in [0.29, 0.717) is 22.5 Å². The SMILES string of the molecule is COC(=O)c1ccc(NC(=O)CSc2ccc(NC(=O)/C(=C\c3c[nH]c4ccccc34)NC(=O)c3ccccc3)cc2)cc1. The van der Waals surface area contributed by atoms with Gasteiger partial charge in [-0.2, -0.15) is 0 Å². The number of carbonyl (C=O) groups excluding carboxylic acids is 4. The predicted molar refractivity (Wildman–Crippen MR) is 172 cm³/mol. The molecule has 0 saturated carbocycles. The molecule has 9 nitrogen and oxygen atoms in total. The van der Waals surface area contributed by atoms with Crippen molar-refractivity contribution in [2.75, 3.05) is 23.5 Å². The Kier molecular flexibility index (Phi) is 9.53. The molecule has 0 fully saturated rings. The Hall–Kier alpha value is -5.61. The normalized spacial score (nSPS) is 11.1. The van der Waals surface area contributed by atoms with Gasteiger partial charge in [0.15, 0.2) is 0 Å². The molecule has 0 bridgehead atoms. The van der Waals surface area contributed by atoms with Crippen LogP contribution in [0.5, 0.6) is 0 Å². The Labute approximate surface area is 257 Å². The van der Waals surface area contributed by atoms with Crippen molar-refractivity contribution in [3.05, 3.63) is 132 Å². The molecule has 10 heteroatoms. The number of rotatable bonds is 10. The first-order valence-corrected chi connectivity index (χ1v) is 14.5. The largest absolute Gasteiger partial charge is 0.465 e. The van der Waals surface area contributed by atoms with Gasteiger partial charge in [0.1, 0.15) is 5.70 Å². The lowest BCUT2D eigenvalue weighted by Crippen LogP contribution is -2.30. The highest BCUT2D eigenvalue weighted by Gasteiger charge is 2.16. The average Bonchev–Trinajstić information content (AvgIpc) is 3.47. The summed E-state index contributed by atoms with van der Waals surface area (Å²) in [6.07, 6.45) is 3.42. The lowest BCUT2D eigenvalue weighted by molar-refractivity contribution is -0.114. The molecule has 0 radical (unpaired) electrons. The van der Waals surface area contributed by atoms with Crippen LogP contribution in [0.4, 0.5) is 11.4 Å². The lowest BCUT2D eigenvalue weighted by atomic mass is 10.1. The number of aromatic nitrogens is 1. The number of benzene rings is 4. The van der Waals surface area contributed by atoms with Gasteiger partial charge in [0.05, 0.1) is 18.4 Å². The number of amides is 3. The van der Waals surface area contributed by atoms with Crippen LogP contribution in [0.2, 0.25) is 0 Å². The second-order valence-corrected chi connectivity index (χ2v) is 10.6. The van der Waals surface area contributed by atoms with Crippen LogP contribution < -0.4 is 16.0 Å². The molecule has 4 N–H and O–H groups in total. The number of aromatic amines is 1. The molecular weight excluding hydrogens is 576 g/mol. The molecule has 0 spiro atoms. The van der Waals surface area contributed by atoms with Crippen LogP contribution in [-0.2, 0) is 14.3 Å². The van der Waals surface area contributed by atoms with Crippen LogP contribution in [0.15, 0.2) is 120 Å². The van der Waals surface area contributed by atoms with Gasteiger partial charge >= 0.3 is 5.97 Å². The molecule has 5 rings (SSSR count). The second kappa shape index (κ2) is 14.0. The van der Waals surface area contributed by atoms with Crippen LogP contribution in [0.1, 0.15) is 26.3 Å². The second-order valence-electron chi connectivity index (χ2n) is 9.55.